The smallest absolute Gasteiger partial charge is 0.197 e. The quantitative estimate of drug-likeness (QED) is 0.314. The number of allylic oxidation sites excluding steroid dienone is 1. The van der Waals surface area contributed by atoms with Crippen molar-refractivity contribution in [2.45, 2.75) is 6.92 Å². The second-order valence-electron chi connectivity index (χ2n) is 6.66. The van der Waals surface area contributed by atoms with Crippen molar-refractivity contribution in [2.75, 3.05) is 28.4 Å². The molecule has 1 heterocycles. The minimum atomic E-state index is -0.122. The number of ketones is 1. The molecule has 0 saturated heterocycles. The lowest BCUT2D eigenvalue weighted by atomic mass is 10.1. The van der Waals surface area contributed by atoms with Crippen molar-refractivity contribution in [1.29, 1.82) is 0 Å². The Morgan fingerprint density at radius 1 is 0.812 bits per heavy atom. The molecule has 0 amide bonds. The lowest BCUT2D eigenvalue weighted by molar-refractivity contribution is 0.105. The summed E-state index contributed by atoms with van der Waals surface area (Å²) in [5.74, 6) is 2.36. The fourth-order valence-electron chi connectivity index (χ4n) is 3.21. The van der Waals surface area contributed by atoms with Gasteiger partial charge in [-0.15, -0.1) is 11.3 Å². The summed E-state index contributed by atoms with van der Waals surface area (Å²) in [5, 5.41) is 0.725. The maximum Gasteiger partial charge on any atom is 0.197 e. The molecule has 0 spiro atoms. The van der Waals surface area contributed by atoms with E-state index < -0.39 is 0 Å². The van der Waals surface area contributed by atoms with Gasteiger partial charge in [0.2, 0.25) is 0 Å². The Balaban J connectivity index is 1.83. The third-order valence-electron chi connectivity index (χ3n) is 4.72. The second-order valence-corrected chi connectivity index (χ2v) is 7.69. The van der Waals surface area contributed by atoms with Crippen LogP contribution in [-0.2, 0) is 0 Å². The SMILES string of the molecule is COc1cccc(/C=C\C(=O)c2sc(/C=C\c3cccc(OC)c3OC)nc2C)c1OC. The molecule has 1 aromatic heterocycles. The van der Waals surface area contributed by atoms with Crippen LogP contribution >= 0.6 is 11.3 Å². The molecule has 0 fully saturated rings. The van der Waals surface area contributed by atoms with E-state index in [1.807, 2.05) is 49.4 Å². The Morgan fingerprint density at radius 3 is 1.91 bits per heavy atom. The second kappa shape index (κ2) is 10.6. The van der Waals surface area contributed by atoms with Crippen LogP contribution in [0.2, 0.25) is 0 Å². The summed E-state index contributed by atoms with van der Waals surface area (Å²) in [7, 11) is 6.35. The number of hydrogen-bond donors (Lipinski definition) is 0. The van der Waals surface area contributed by atoms with Gasteiger partial charge in [-0.05, 0) is 43.4 Å². The number of aromatic nitrogens is 1. The summed E-state index contributed by atoms with van der Waals surface area (Å²) < 4.78 is 21.5. The van der Waals surface area contributed by atoms with E-state index in [1.54, 1.807) is 40.6 Å². The first-order chi connectivity index (χ1) is 15.5. The number of carbonyl (C=O) groups is 1. The highest BCUT2D eigenvalue weighted by molar-refractivity contribution is 7.14. The van der Waals surface area contributed by atoms with Crippen molar-refractivity contribution in [1.82, 2.24) is 4.98 Å². The van der Waals surface area contributed by atoms with Crippen LogP contribution in [0.1, 0.15) is 31.5 Å². The first-order valence-electron chi connectivity index (χ1n) is 9.82. The van der Waals surface area contributed by atoms with Gasteiger partial charge in [-0.2, -0.15) is 0 Å². The summed E-state index contributed by atoms with van der Waals surface area (Å²) in [5.41, 5.74) is 2.30. The number of para-hydroxylation sites is 2. The van der Waals surface area contributed by atoms with Crippen LogP contribution in [0.4, 0.5) is 0 Å². The number of hydrogen-bond acceptors (Lipinski definition) is 7. The van der Waals surface area contributed by atoms with Crippen LogP contribution in [-0.4, -0.2) is 39.2 Å². The van der Waals surface area contributed by atoms with Crippen LogP contribution in [0, 0.1) is 6.92 Å². The largest absolute Gasteiger partial charge is 0.493 e. The van der Waals surface area contributed by atoms with Crippen molar-refractivity contribution in [3.8, 4) is 23.0 Å². The molecular weight excluding hydrogens is 426 g/mol. The zero-order chi connectivity index (χ0) is 23.1. The molecule has 166 valence electrons. The maximum absolute atomic E-state index is 12.8. The predicted octanol–water partition coefficient (Wildman–Crippen LogP) is 5.55. The normalized spacial score (nSPS) is 11.2. The van der Waals surface area contributed by atoms with Crippen LogP contribution in [0.5, 0.6) is 23.0 Å². The predicted molar refractivity (Wildman–Crippen MR) is 128 cm³/mol. The Hall–Kier alpha value is -3.58. The minimum Gasteiger partial charge on any atom is -0.493 e. The van der Waals surface area contributed by atoms with E-state index in [2.05, 4.69) is 4.98 Å². The molecule has 0 atom stereocenters. The molecule has 0 aliphatic carbocycles. The Labute approximate surface area is 191 Å². The molecule has 7 heteroatoms. The number of rotatable bonds is 9. The Bertz CT molecular complexity index is 1160. The Kier molecular flexibility index (Phi) is 7.68. The van der Waals surface area contributed by atoms with E-state index in [9.17, 15) is 4.79 Å². The third kappa shape index (κ3) is 5.00. The van der Waals surface area contributed by atoms with Gasteiger partial charge < -0.3 is 18.9 Å². The summed E-state index contributed by atoms with van der Waals surface area (Å²) in [4.78, 5) is 17.9. The lowest BCUT2D eigenvalue weighted by Crippen LogP contribution is -1.95. The molecule has 0 unspecified atom stereocenters. The number of aryl methyl sites for hydroxylation is 1. The highest BCUT2D eigenvalue weighted by Crippen LogP contribution is 2.33. The van der Waals surface area contributed by atoms with Gasteiger partial charge in [-0.1, -0.05) is 24.3 Å². The molecule has 0 aliphatic rings. The molecule has 0 saturated carbocycles. The summed E-state index contributed by atoms with van der Waals surface area (Å²) in [6.45, 7) is 1.83. The standard InChI is InChI=1S/C25H25NO5S/c1-16-25(19(27)14-12-17-8-6-10-20(28-2)23(17)30-4)32-22(26-16)15-13-18-9-7-11-21(29-3)24(18)31-5/h6-15H,1-5H3/b14-12-,15-13-. The van der Waals surface area contributed by atoms with E-state index >= 15 is 0 Å². The third-order valence-corrected chi connectivity index (χ3v) is 5.86. The number of methoxy groups -OCH3 is 4. The molecule has 3 aromatic rings. The van der Waals surface area contributed by atoms with Crippen molar-refractivity contribution in [3.63, 3.8) is 0 Å². The molecule has 6 nitrogen and oxygen atoms in total. The molecule has 0 bridgehead atoms. The Morgan fingerprint density at radius 2 is 1.38 bits per heavy atom. The number of nitrogens with zero attached hydrogens (tertiary/aromatic N) is 1. The fourth-order valence-corrected chi connectivity index (χ4v) is 4.10. The van der Waals surface area contributed by atoms with Gasteiger partial charge in [0.25, 0.3) is 0 Å². The van der Waals surface area contributed by atoms with Crippen LogP contribution in [0.3, 0.4) is 0 Å². The number of thiazole rings is 1. The zero-order valence-corrected chi connectivity index (χ0v) is 19.5. The van der Waals surface area contributed by atoms with E-state index in [0.717, 1.165) is 16.1 Å². The fraction of sp³-hybridized carbons (Fsp3) is 0.200. The van der Waals surface area contributed by atoms with Gasteiger partial charge in [0.15, 0.2) is 28.8 Å². The summed E-state index contributed by atoms with van der Waals surface area (Å²) in [6, 6.07) is 11.2. The average Bonchev–Trinajstić information content (AvgIpc) is 3.20. The lowest BCUT2D eigenvalue weighted by Gasteiger charge is -2.09. The first-order valence-corrected chi connectivity index (χ1v) is 10.6. The number of carbonyl (C=O) groups excluding carboxylic acids is 1. The van der Waals surface area contributed by atoms with Crippen molar-refractivity contribution in [2.24, 2.45) is 0 Å². The molecule has 0 aliphatic heterocycles. The van der Waals surface area contributed by atoms with Gasteiger partial charge >= 0.3 is 0 Å². The molecule has 0 radical (unpaired) electrons. The van der Waals surface area contributed by atoms with E-state index in [0.29, 0.717) is 33.6 Å². The average molecular weight is 452 g/mol. The molecule has 2 aromatic carbocycles. The zero-order valence-electron chi connectivity index (χ0n) is 18.7. The monoisotopic (exact) mass is 451 g/mol. The van der Waals surface area contributed by atoms with E-state index in [4.69, 9.17) is 18.9 Å². The van der Waals surface area contributed by atoms with Gasteiger partial charge in [-0.25, -0.2) is 4.98 Å². The van der Waals surface area contributed by atoms with Crippen LogP contribution in [0.15, 0.2) is 42.5 Å². The van der Waals surface area contributed by atoms with Gasteiger partial charge in [0.1, 0.15) is 5.01 Å². The maximum atomic E-state index is 12.8. The summed E-state index contributed by atoms with van der Waals surface area (Å²) in [6.07, 6.45) is 7.00. The van der Waals surface area contributed by atoms with Crippen LogP contribution < -0.4 is 18.9 Å². The van der Waals surface area contributed by atoms with E-state index in [1.165, 1.54) is 17.4 Å². The summed E-state index contributed by atoms with van der Waals surface area (Å²) >= 11 is 1.34. The number of ether oxygens (including phenoxy) is 4. The number of benzene rings is 2. The molecule has 32 heavy (non-hydrogen) atoms. The highest BCUT2D eigenvalue weighted by atomic mass is 32.1. The first kappa shape index (κ1) is 23.1. The van der Waals surface area contributed by atoms with Crippen LogP contribution in [0.25, 0.3) is 18.2 Å². The van der Waals surface area contributed by atoms with Gasteiger partial charge in [-0.3, -0.25) is 4.79 Å². The molecule has 0 N–H and O–H groups in total. The molecule has 3 rings (SSSR count). The van der Waals surface area contributed by atoms with Crippen molar-refractivity contribution in [3.05, 3.63) is 69.2 Å². The van der Waals surface area contributed by atoms with E-state index in [-0.39, 0.29) is 5.78 Å². The van der Waals surface area contributed by atoms with Gasteiger partial charge in [0.05, 0.1) is 39.0 Å². The van der Waals surface area contributed by atoms with Crippen molar-refractivity contribution >= 4 is 35.3 Å². The molecular formula is C25H25NO5S. The van der Waals surface area contributed by atoms with Crippen molar-refractivity contribution < 1.29 is 23.7 Å². The topological polar surface area (TPSA) is 66.9 Å². The minimum absolute atomic E-state index is 0.122. The van der Waals surface area contributed by atoms with Gasteiger partial charge in [0, 0.05) is 11.1 Å². The highest BCUT2D eigenvalue weighted by Gasteiger charge is 2.14.